The van der Waals surface area contributed by atoms with Crippen molar-refractivity contribution in [3.63, 3.8) is 0 Å². The fraction of sp³-hybridized carbons (Fsp3) is 0.467. The quantitative estimate of drug-likeness (QED) is 0.550. The van der Waals surface area contributed by atoms with E-state index in [1.54, 1.807) is 12.1 Å². The van der Waals surface area contributed by atoms with Crippen LogP contribution >= 0.6 is 23.8 Å². The highest BCUT2D eigenvalue weighted by Crippen LogP contribution is 2.24. The summed E-state index contributed by atoms with van der Waals surface area (Å²) < 4.78 is 10.9. The molecule has 1 heterocycles. The molecule has 0 bridgehead atoms. The Balaban J connectivity index is 1.64. The monoisotopic (exact) mass is 357 g/mol. The van der Waals surface area contributed by atoms with Crippen molar-refractivity contribution in [2.45, 2.75) is 25.9 Å². The lowest BCUT2D eigenvalue weighted by atomic mass is 10.2. The number of aryl methyl sites for hydroxylation is 1. The molecule has 2 rings (SSSR count). The molecule has 1 aromatic rings. The molecule has 1 amide bonds. The average Bonchev–Trinajstić information content (AvgIpc) is 3.05. The zero-order valence-electron chi connectivity index (χ0n) is 12.9. The van der Waals surface area contributed by atoms with Crippen LogP contribution in [0.15, 0.2) is 18.2 Å². The molecule has 0 radical (unpaired) electrons. The van der Waals surface area contributed by atoms with Gasteiger partial charge in [0, 0.05) is 13.2 Å². The Hall–Kier alpha value is -1.57. The minimum Gasteiger partial charge on any atom is -0.482 e. The Morgan fingerprint density at radius 3 is 3.04 bits per heavy atom. The van der Waals surface area contributed by atoms with Crippen molar-refractivity contribution in [2.24, 2.45) is 0 Å². The first-order valence-electron chi connectivity index (χ1n) is 7.38. The number of amides is 1. The van der Waals surface area contributed by atoms with Gasteiger partial charge in [0.1, 0.15) is 5.75 Å². The zero-order chi connectivity index (χ0) is 16.7. The molecule has 1 aliphatic heterocycles. The van der Waals surface area contributed by atoms with Crippen LogP contribution in [0.2, 0.25) is 5.02 Å². The molecule has 8 heteroatoms. The van der Waals surface area contributed by atoms with E-state index in [9.17, 15) is 4.79 Å². The summed E-state index contributed by atoms with van der Waals surface area (Å²) in [4.78, 5) is 11.7. The van der Waals surface area contributed by atoms with Gasteiger partial charge in [-0.3, -0.25) is 15.6 Å². The highest BCUT2D eigenvalue weighted by atomic mass is 35.5. The third-order valence-corrected chi connectivity index (χ3v) is 3.83. The van der Waals surface area contributed by atoms with Crippen molar-refractivity contribution in [1.29, 1.82) is 0 Å². The summed E-state index contributed by atoms with van der Waals surface area (Å²) in [6.45, 7) is 3.17. The number of benzene rings is 1. The maximum Gasteiger partial charge on any atom is 0.276 e. The lowest BCUT2D eigenvalue weighted by Gasteiger charge is -2.15. The SMILES string of the molecule is Cc1ccc(Cl)c(OCC(=O)NNC(=S)NC[C@H]2CCCO2)c1. The third-order valence-electron chi connectivity index (χ3n) is 3.28. The maximum atomic E-state index is 11.7. The Kier molecular flexibility index (Phi) is 6.88. The Morgan fingerprint density at radius 2 is 2.30 bits per heavy atom. The van der Waals surface area contributed by atoms with Gasteiger partial charge in [-0.1, -0.05) is 17.7 Å². The van der Waals surface area contributed by atoms with Crippen LogP contribution in [0, 0.1) is 6.92 Å². The molecule has 1 saturated heterocycles. The average molecular weight is 358 g/mol. The van der Waals surface area contributed by atoms with E-state index >= 15 is 0 Å². The van der Waals surface area contributed by atoms with Crippen LogP contribution in [0.3, 0.4) is 0 Å². The zero-order valence-corrected chi connectivity index (χ0v) is 14.4. The minimum atomic E-state index is -0.358. The van der Waals surface area contributed by atoms with E-state index in [1.165, 1.54) is 0 Å². The van der Waals surface area contributed by atoms with Crippen LogP contribution in [-0.2, 0) is 9.53 Å². The van der Waals surface area contributed by atoms with E-state index in [2.05, 4.69) is 16.2 Å². The molecule has 1 aliphatic rings. The number of hydrogen-bond donors (Lipinski definition) is 3. The van der Waals surface area contributed by atoms with Gasteiger partial charge in [-0.15, -0.1) is 0 Å². The van der Waals surface area contributed by atoms with Gasteiger partial charge in [0.2, 0.25) is 0 Å². The van der Waals surface area contributed by atoms with Crippen molar-refractivity contribution in [3.05, 3.63) is 28.8 Å². The Morgan fingerprint density at radius 1 is 1.48 bits per heavy atom. The van der Waals surface area contributed by atoms with Gasteiger partial charge in [0.15, 0.2) is 11.7 Å². The second-order valence-corrected chi connectivity index (χ2v) is 6.06. The summed E-state index contributed by atoms with van der Waals surface area (Å²) in [7, 11) is 0. The fourth-order valence-electron chi connectivity index (χ4n) is 2.08. The van der Waals surface area contributed by atoms with Gasteiger partial charge >= 0.3 is 0 Å². The van der Waals surface area contributed by atoms with Crippen molar-refractivity contribution >= 4 is 34.8 Å². The molecule has 0 spiro atoms. The smallest absolute Gasteiger partial charge is 0.276 e. The fourth-order valence-corrected chi connectivity index (χ4v) is 2.39. The molecule has 0 unspecified atom stereocenters. The van der Waals surface area contributed by atoms with Crippen molar-refractivity contribution in [2.75, 3.05) is 19.8 Å². The van der Waals surface area contributed by atoms with Crippen molar-refractivity contribution in [1.82, 2.24) is 16.2 Å². The molecular formula is C15H20ClN3O3S. The number of thiocarbonyl (C=S) groups is 1. The normalized spacial score (nSPS) is 16.7. The van der Waals surface area contributed by atoms with Crippen LogP contribution in [0.25, 0.3) is 0 Å². The van der Waals surface area contributed by atoms with Crippen LogP contribution in [0.5, 0.6) is 5.75 Å². The van der Waals surface area contributed by atoms with E-state index in [-0.39, 0.29) is 18.6 Å². The molecule has 23 heavy (non-hydrogen) atoms. The number of hydrazine groups is 1. The topological polar surface area (TPSA) is 71.6 Å². The second kappa shape index (κ2) is 8.90. The largest absolute Gasteiger partial charge is 0.482 e. The standard InChI is InChI=1S/C15H20ClN3O3S/c1-10-4-5-12(16)13(7-10)22-9-14(20)18-19-15(23)17-8-11-3-2-6-21-11/h4-5,7,11H,2-3,6,8-9H2,1H3,(H,18,20)(H2,17,19,23)/t11-/m1/s1. The predicted molar refractivity (Wildman–Crippen MR) is 92.5 cm³/mol. The van der Waals surface area contributed by atoms with Crippen molar-refractivity contribution < 1.29 is 14.3 Å². The summed E-state index contributed by atoms with van der Waals surface area (Å²) in [5.41, 5.74) is 6.08. The molecule has 0 aromatic heterocycles. The summed E-state index contributed by atoms with van der Waals surface area (Å²) in [6, 6.07) is 5.37. The highest BCUT2D eigenvalue weighted by Gasteiger charge is 2.15. The van der Waals surface area contributed by atoms with Crippen LogP contribution < -0.4 is 20.9 Å². The molecule has 0 saturated carbocycles. The molecule has 1 aromatic carbocycles. The van der Waals surface area contributed by atoms with Gasteiger partial charge in [-0.25, -0.2) is 0 Å². The van der Waals surface area contributed by atoms with E-state index in [4.69, 9.17) is 33.3 Å². The maximum absolute atomic E-state index is 11.7. The number of carbonyl (C=O) groups excluding carboxylic acids is 1. The van der Waals surface area contributed by atoms with Crippen LogP contribution in [-0.4, -0.2) is 36.9 Å². The summed E-state index contributed by atoms with van der Waals surface area (Å²) >= 11 is 11.1. The predicted octanol–water partition coefficient (Wildman–Crippen LogP) is 1.70. The number of nitrogens with one attached hydrogen (secondary N) is 3. The molecule has 1 fully saturated rings. The number of carbonyl (C=O) groups is 1. The van der Waals surface area contributed by atoms with E-state index in [1.807, 2.05) is 13.0 Å². The third kappa shape index (κ3) is 6.21. The summed E-state index contributed by atoms with van der Waals surface area (Å²) in [5.74, 6) is 0.115. The van der Waals surface area contributed by atoms with E-state index < -0.39 is 0 Å². The number of rotatable bonds is 5. The first-order valence-corrected chi connectivity index (χ1v) is 8.16. The lowest BCUT2D eigenvalue weighted by molar-refractivity contribution is -0.123. The van der Waals surface area contributed by atoms with Crippen LogP contribution in [0.4, 0.5) is 0 Å². The molecular weight excluding hydrogens is 338 g/mol. The summed E-state index contributed by atoms with van der Waals surface area (Å²) in [5, 5.41) is 3.79. The first-order chi connectivity index (χ1) is 11.0. The van der Waals surface area contributed by atoms with Crippen molar-refractivity contribution in [3.8, 4) is 5.75 Å². The summed E-state index contributed by atoms with van der Waals surface area (Å²) in [6.07, 6.45) is 2.27. The minimum absolute atomic E-state index is 0.162. The van der Waals surface area contributed by atoms with E-state index in [0.717, 1.165) is 25.0 Å². The highest BCUT2D eigenvalue weighted by molar-refractivity contribution is 7.80. The first kappa shape index (κ1) is 17.8. The van der Waals surface area contributed by atoms with Gasteiger partial charge < -0.3 is 14.8 Å². The molecule has 3 N–H and O–H groups in total. The Bertz CT molecular complexity index is 565. The number of halogens is 1. The Labute approximate surface area is 145 Å². The van der Waals surface area contributed by atoms with Gasteiger partial charge in [0.25, 0.3) is 5.91 Å². The molecule has 0 aliphatic carbocycles. The number of hydrogen-bond acceptors (Lipinski definition) is 4. The van der Waals surface area contributed by atoms with Gasteiger partial charge in [0.05, 0.1) is 11.1 Å². The number of ether oxygens (including phenoxy) is 2. The van der Waals surface area contributed by atoms with Gasteiger partial charge in [-0.05, 0) is 49.7 Å². The molecule has 126 valence electrons. The van der Waals surface area contributed by atoms with Crippen LogP contribution in [0.1, 0.15) is 18.4 Å². The second-order valence-electron chi connectivity index (χ2n) is 5.24. The molecule has 6 nitrogen and oxygen atoms in total. The van der Waals surface area contributed by atoms with Gasteiger partial charge in [-0.2, -0.15) is 0 Å². The van der Waals surface area contributed by atoms with E-state index in [0.29, 0.717) is 22.4 Å². The molecule has 1 atom stereocenters. The lowest BCUT2D eigenvalue weighted by Crippen LogP contribution is -2.49.